The summed E-state index contributed by atoms with van der Waals surface area (Å²) in [6.45, 7) is 0. The Labute approximate surface area is 160 Å². The quantitative estimate of drug-likeness (QED) is 0.654. The monoisotopic (exact) mass is 361 g/mol. The molecular weight excluding hydrogens is 334 g/mol. The molecule has 2 N–H and O–H groups in total. The first-order chi connectivity index (χ1) is 13.3. The van der Waals surface area contributed by atoms with Crippen molar-refractivity contribution in [2.45, 2.75) is 51.0 Å². The molecule has 0 saturated heterocycles. The second-order valence-electron chi connectivity index (χ2n) is 7.66. The molecule has 1 amide bonds. The van der Waals surface area contributed by atoms with E-state index in [1.807, 2.05) is 42.5 Å². The number of imidazole rings is 1. The maximum atomic E-state index is 12.7. The summed E-state index contributed by atoms with van der Waals surface area (Å²) in [5, 5.41) is 3.26. The number of carbonyl (C=O) groups excluding carboxylic acids is 1. The first-order valence-corrected chi connectivity index (χ1v) is 10.1. The summed E-state index contributed by atoms with van der Waals surface area (Å²) in [5.41, 5.74) is 3.14. The van der Waals surface area contributed by atoms with Gasteiger partial charge in [0, 0.05) is 6.42 Å². The van der Waals surface area contributed by atoms with Gasteiger partial charge in [0.15, 0.2) is 0 Å². The number of nitrogens with zero attached hydrogens (tertiary/aromatic N) is 1. The fourth-order valence-electron chi connectivity index (χ4n) is 4.11. The Morgan fingerprint density at radius 3 is 2.56 bits per heavy atom. The maximum Gasteiger partial charge on any atom is 0.220 e. The molecule has 1 fully saturated rings. The summed E-state index contributed by atoms with van der Waals surface area (Å²) in [6.07, 6.45) is 7.56. The second kappa shape index (κ2) is 8.38. The van der Waals surface area contributed by atoms with Gasteiger partial charge in [0.25, 0.3) is 0 Å². The van der Waals surface area contributed by atoms with E-state index in [0.717, 1.165) is 23.3 Å². The molecule has 27 heavy (non-hydrogen) atoms. The third kappa shape index (κ3) is 4.57. The Bertz CT molecular complexity index is 848. The maximum absolute atomic E-state index is 12.7. The van der Waals surface area contributed by atoms with Crippen LogP contribution in [0.25, 0.3) is 11.0 Å². The van der Waals surface area contributed by atoms with E-state index in [1.165, 1.54) is 37.7 Å². The molecular formula is C23H27N3O. The third-order valence-electron chi connectivity index (χ3n) is 5.55. The molecule has 4 nitrogen and oxygen atoms in total. The van der Waals surface area contributed by atoms with Crippen LogP contribution in [0.2, 0.25) is 0 Å². The lowest BCUT2D eigenvalue weighted by Gasteiger charge is -2.23. The van der Waals surface area contributed by atoms with Crippen LogP contribution in [0.1, 0.15) is 56.0 Å². The van der Waals surface area contributed by atoms with E-state index in [1.54, 1.807) is 0 Å². The average Bonchev–Trinajstić information content (AvgIpc) is 3.13. The highest BCUT2D eigenvalue weighted by atomic mass is 16.1. The molecule has 0 unspecified atom stereocenters. The van der Waals surface area contributed by atoms with Gasteiger partial charge in [0.1, 0.15) is 5.82 Å². The van der Waals surface area contributed by atoms with Gasteiger partial charge in [0.2, 0.25) is 5.91 Å². The van der Waals surface area contributed by atoms with Crippen molar-refractivity contribution < 1.29 is 4.79 Å². The molecule has 0 aliphatic heterocycles. The molecule has 1 atom stereocenters. The molecule has 2 aromatic carbocycles. The number of rotatable bonds is 6. The number of aromatic amines is 1. The highest BCUT2D eigenvalue weighted by molar-refractivity contribution is 5.77. The number of aromatic nitrogens is 2. The summed E-state index contributed by atoms with van der Waals surface area (Å²) in [6, 6.07) is 18.2. The van der Waals surface area contributed by atoms with E-state index in [2.05, 4.69) is 22.4 Å². The molecule has 1 saturated carbocycles. The predicted octanol–water partition coefficient (Wildman–Crippen LogP) is 4.93. The highest BCUT2D eigenvalue weighted by Crippen LogP contribution is 2.27. The van der Waals surface area contributed by atoms with E-state index in [-0.39, 0.29) is 11.9 Å². The molecule has 1 heterocycles. The van der Waals surface area contributed by atoms with Crippen molar-refractivity contribution in [3.63, 3.8) is 0 Å². The van der Waals surface area contributed by atoms with Crippen LogP contribution in [0.15, 0.2) is 54.6 Å². The molecule has 1 aliphatic carbocycles. The van der Waals surface area contributed by atoms with E-state index >= 15 is 0 Å². The fraction of sp³-hybridized carbons (Fsp3) is 0.391. The summed E-state index contributed by atoms with van der Waals surface area (Å²) >= 11 is 0. The number of fused-ring (bicyclic) bond motifs is 1. The number of nitrogens with one attached hydrogen (secondary N) is 2. The predicted molar refractivity (Wildman–Crippen MR) is 108 cm³/mol. The number of amides is 1. The number of para-hydroxylation sites is 2. The van der Waals surface area contributed by atoms with Crippen molar-refractivity contribution in [2.24, 2.45) is 5.92 Å². The fourth-order valence-corrected chi connectivity index (χ4v) is 4.11. The minimum atomic E-state index is -0.143. The lowest BCUT2D eigenvalue weighted by atomic mass is 9.87. The van der Waals surface area contributed by atoms with Crippen LogP contribution in [0.3, 0.4) is 0 Å². The summed E-state index contributed by atoms with van der Waals surface area (Å²) in [4.78, 5) is 20.9. The topological polar surface area (TPSA) is 57.8 Å². The van der Waals surface area contributed by atoms with Crippen molar-refractivity contribution in [1.29, 1.82) is 0 Å². The highest BCUT2D eigenvalue weighted by Gasteiger charge is 2.22. The molecule has 4 heteroatoms. The minimum Gasteiger partial charge on any atom is -0.346 e. The first-order valence-electron chi connectivity index (χ1n) is 10.1. The second-order valence-corrected chi connectivity index (χ2v) is 7.66. The van der Waals surface area contributed by atoms with Gasteiger partial charge in [-0.25, -0.2) is 4.98 Å². The number of carbonyl (C=O) groups is 1. The normalized spacial score (nSPS) is 16.3. The molecule has 3 aromatic rings. The molecule has 0 radical (unpaired) electrons. The van der Waals surface area contributed by atoms with Crippen molar-refractivity contribution in [1.82, 2.24) is 15.3 Å². The third-order valence-corrected chi connectivity index (χ3v) is 5.55. The van der Waals surface area contributed by atoms with E-state index in [9.17, 15) is 4.79 Å². The lowest BCUT2D eigenvalue weighted by Crippen LogP contribution is -2.32. The van der Waals surface area contributed by atoms with Crippen LogP contribution >= 0.6 is 0 Å². The molecule has 4 rings (SSSR count). The zero-order valence-corrected chi connectivity index (χ0v) is 15.7. The van der Waals surface area contributed by atoms with Gasteiger partial charge >= 0.3 is 0 Å². The summed E-state index contributed by atoms with van der Waals surface area (Å²) < 4.78 is 0. The van der Waals surface area contributed by atoms with E-state index in [4.69, 9.17) is 4.98 Å². The lowest BCUT2D eigenvalue weighted by molar-refractivity contribution is -0.123. The van der Waals surface area contributed by atoms with Crippen molar-refractivity contribution in [2.75, 3.05) is 0 Å². The molecule has 1 aliphatic rings. The standard InChI is InChI=1S/C23H27N3O/c27-22(16-18-11-5-2-6-12-18)24-21(15-17-9-3-1-4-10-17)23-25-19-13-7-8-14-20(19)26-23/h1,3-4,7-10,13-14,18,21H,2,5-6,11-12,15-16H2,(H,24,27)(H,25,26)/t21-/m0/s1. The van der Waals surface area contributed by atoms with Crippen LogP contribution in [-0.4, -0.2) is 15.9 Å². The van der Waals surface area contributed by atoms with Crippen LogP contribution in [0, 0.1) is 5.92 Å². The largest absolute Gasteiger partial charge is 0.346 e. The Morgan fingerprint density at radius 1 is 1.04 bits per heavy atom. The van der Waals surface area contributed by atoms with Gasteiger partial charge in [-0.2, -0.15) is 0 Å². The Morgan fingerprint density at radius 2 is 1.78 bits per heavy atom. The average molecular weight is 361 g/mol. The Kier molecular flexibility index (Phi) is 5.52. The van der Waals surface area contributed by atoms with Gasteiger partial charge in [0.05, 0.1) is 17.1 Å². The summed E-state index contributed by atoms with van der Waals surface area (Å²) in [7, 11) is 0. The minimum absolute atomic E-state index is 0.142. The zero-order valence-electron chi connectivity index (χ0n) is 15.7. The Hall–Kier alpha value is -2.62. The van der Waals surface area contributed by atoms with Gasteiger partial charge in [-0.1, -0.05) is 61.7 Å². The van der Waals surface area contributed by atoms with Gasteiger partial charge in [-0.3, -0.25) is 4.79 Å². The van der Waals surface area contributed by atoms with Gasteiger partial charge in [-0.15, -0.1) is 0 Å². The van der Waals surface area contributed by atoms with Gasteiger partial charge < -0.3 is 10.3 Å². The number of benzene rings is 2. The smallest absolute Gasteiger partial charge is 0.220 e. The molecule has 0 spiro atoms. The van der Waals surface area contributed by atoms with Crippen LogP contribution in [-0.2, 0) is 11.2 Å². The molecule has 0 bridgehead atoms. The van der Waals surface area contributed by atoms with Crippen LogP contribution in [0.4, 0.5) is 0 Å². The zero-order chi connectivity index (χ0) is 18.5. The first kappa shape index (κ1) is 17.8. The molecule has 140 valence electrons. The molecule has 1 aromatic heterocycles. The SMILES string of the molecule is O=C(CC1CCCCC1)N[C@@H](Cc1ccccc1)c1nc2ccccc2[nH]1. The number of H-pyrrole nitrogens is 1. The van der Waals surface area contributed by atoms with Crippen LogP contribution in [0.5, 0.6) is 0 Å². The Balaban J connectivity index is 1.52. The van der Waals surface area contributed by atoms with Crippen molar-refractivity contribution in [3.05, 3.63) is 66.0 Å². The van der Waals surface area contributed by atoms with Crippen LogP contribution < -0.4 is 5.32 Å². The summed E-state index contributed by atoms with van der Waals surface area (Å²) in [5.74, 6) is 1.51. The number of hydrogen-bond donors (Lipinski definition) is 2. The van der Waals surface area contributed by atoms with E-state index in [0.29, 0.717) is 12.3 Å². The van der Waals surface area contributed by atoms with E-state index < -0.39 is 0 Å². The van der Waals surface area contributed by atoms with Gasteiger partial charge in [-0.05, 0) is 42.9 Å². The number of hydrogen-bond acceptors (Lipinski definition) is 2. The van der Waals surface area contributed by atoms with Crippen molar-refractivity contribution >= 4 is 16.9 Å². The van der Waals surface area contributed by atoms with Crippen molar-refractivity contribution in [3.8, 4) is 0 Å².